The molecule has 1 unspecified atom stereocenters. The van der Waals surface area contributed by atoms with Gasteiger partial charge in [-0.15, -0.1) is 0 Å². The van der Waals surface area contributed by atoms with E-state index in [0.29, 0.717) is 12.8 Å². The third-order valence-electron chi connectivity index (χ3n) is 4.28. The minimum Gasteiger partial charge on any atom is -0.228 e. The highest BCUT2D eigenvalue weighted by Gasteiger charge is 2.54. The number of allylic oxidation sites excluding steroid dienone is 2. The second-order valence-corrected chi connectivity index (χ2v) is 9.84. The van der Waals surface area contributed by atoms with Crippen LogP contribution in [-0.2, 0) is 19.7 Å². The first-order chi connectivity index (χ1) is 8.12. The lowest BCUT2D eigenvalue weighted by Gasteiger charge is -2.41. The van der Waals surface area contributed by atoms with Gasteiger partial charge < -0.3 is 0 Å². The van der Waals surface area contributed by atoms with E-state index in [0.717, 1.165) is 11.1 Å². The Bertz CT molecular complexity index is 638. The normalized spacial score (nSPS) is 34.9. The number of sulfone groups is 2. The van der Waals surface area contributed by atoms with Crippen LogP contribution >= 0.6 is 0 Å². The average molecular weight is 290 g/mol. The first kappa shape index (κ1) is 13.8. The molecule has 1 spiro atoms. The van der Waals surface area contributed by atoms with Gasteiger partial charge in [-0.25, -0.2) is 16.8 Å². The van der Waals surface area contributed by atoms with E-state index >= 15 is 0 Å². The predicted octanol–water partition coefficient (Wildman–Crippen LogP) is 1.60. The molecule has 1 aliphatic carbocycles. The molecule has 1 aliphatic heterocycles. The Balaban J connectivity index is 2.62. The molecule has 1 heterocycles. The van der Waals surface area contributed by atoms with Gasteiger partial charge in [0.25, 0.3) is 0 Å². The lowest BCUT2D eigenvalue weighted by molar-refractivity contribution is 0.497. The maximum absolute atomic E-state index is 12.4. The molecule has 102 valence electrons. The molecule has 0 bridgehead atoms. The highest BCUT2D eigenvalue weighted by molar-refractivity contribution is 8.02. The van der Waals surface area contributed by atoms with Crippen LogP contribution in [0.15, 0.2) is 22.6 Å². The minimum absolute atomic E-state index is 0.0897. The highest BCUT2D eigenvalue weighted by Crippen LogP contribution is 2.47. The van der Waals surface area contributed by atoms with Crippen molar-refractivity contribution in [3.05, 3.63) is 22.6 Å². The van der Waals surface area contributed by atoms with E-state index in [9.17, 15) is 16.8 Å². The number of hydrogen-bond acceptors (Lipinski definition) is 4. The summed E-state index contributed by atoms with van der Waals surface area (Å²) in [6.07, 6.45) is 1.25. The third-order valence-corrected chi connectivity index (χ3v) is 9.08. The van der Waals surface area contributed by atoms with Crippen molar-refractivity contribution < 1.29 is 16.8 Å². The number of rotatable bonds is 0. The van der Waals surface area contributed by atoms with Crippen LogP contribution in [-0.4, -0.2) is 33.1 Å². The van der Waals surface area contributed by atoms with E-state index in [-0.39, 0.29) is 22.8 Å². The summed E-state index contributed by atoms with van der Waals surface area (Å²) in [4.78, 5) is -0.0897. The molecule has 0 radical (unpaired) electrons. The molecule has 2 rings (SSSR count). The van der Waals surface area contributed by atoms with Gasteiger partial charge in [0.15, 0.2) is 19.7 Å². The minimum atomic E-state index is -3.48. The van der Waals surface area contributed by atoms with Crippen LogP contribution in [0.25, 0.3) is 0 Å². The van der Waals surface area contributed by atoms with Gasteiger partial charge in [0.2, 0.25) is 0 Å². The van der Waals surface area contributed by atoms with Crippen molar-refractivity contribution in [2.24, 2.45) is 0 Å². The Morgan fingerprint density at radius 2 is 1.67 bits per heavy atom. The zero-order valence-electron chi connectivity index (χ0n) is 10.7. The van der Waals surface area contributed by atoms with Gasteiger partial charge in [0.05, 0.1) is 16.4 Å². The summed E-state index contributed by atoms with van der Waals surface area (Å²) in [5.74, 6) is -0.599. The first-order valence-corrected chi connectivity index (χ1v) is 9.22. The zero-order chi connectivity index (χ0) is 13.8. The van der Waals surface area contributed by atoms with Crippen molar-refractivity contribution in [2.75, 3.05) is 11.5 Å². The molecule has 0 aromatic carbocycles. The molecule has 0 N–H and O–H groups in total. The van der Waals surface area contributed by atoms with Crippen molar-refractivity contribution in [3.8, 4) is 0 Å². The van der Waals surface area contributed by atoms with Crippen LogP contribution in [0.1, 0.15) is 33.1 Å². The molecule has 1 atom stereocenters. The van der Waals surface area contributed by atoms with Crippen molar-refractivity contribution in [1.29, 1.82) is 0 Å². The van der Waals surface area contributed by atoms with Crippen LogP contribution in [0.5, 0.6) is 0 Å². The maximum atomic E-state index is 12.4. The molecule has 18 heavy (non-hydrogen) atoms. The van der Waals surface area contributed by atoms with E-state index in [4.69, 9.17) is 0 Å². The quantitative estimate of drug-likeness (QED) is 0.636. The van der Waals surface area contributed by atoms with E-state index in [2.05, 4.69) is 6.58 Å². The molecule has 0 saturated carbocycles. The fraction of sp³-hybridized carbons (Fsp3) is 0.667. The van der Waals surface area contributed by atoms with Crippen molar-refractivity contribution in [1.82, 2.24) is 0 Å². The van der Waals surface area contributed by atoms with E-state index in [1.165, 1.54) is 0 Å². The predicted molar refractivity (Wildman–Crippen MR) is 71.7 cm³/mol. The van der Waals surface area contributed by atoms with Crippen LogP contribution in [0.2, 0.25) is 0 Å². The van der Waals surface area contributed by atoms with E-state index in [1.54, 1.807) is 0 Å². The summed E-state index contributed by atoms with van der Waals surface area (Å²) in [6.45, 7) is 7.45. The molecule has 4 nitrogen and oxygen atoms in total. The van der Waals surface area contributed by atoms with Gasteiger partial charge in [-0.1, -0.05) is 17.7 Å². The SMILES string of the molecule is C=C1C2(CCC(C)=C(C)C2)S(=O)(=O)CCS1(=O)=O. The zero-order valence-corrected chi connectivity index (χ0v) is 12.3. The largest absolute Gasteiger partial charge is 0.228 e. The molecule has 1 saturated heterocycles. The van der Waals surface area contributed by atoms with Gasteiger partial charge >= 0.3 is 0 Å². The topological polar surface area (TPSA) is 68.3 Å². The molecule has 0 aromatic rings. The van der Waals surface area contributed by atoms with Crippen molar-refractivity contribution in [3.63, 3.8) is 0 Å². The molecular formula is C12H18O4S2. The standard InChI is InChI=1S/C12H18O4S2/c1-9-4-5-12(8-10(9)2)11(3)17(13,14)6-7-18(12,15)16/h3-8H2,1-2H3. The third kappa shape index (κ3) is 1.77. The van der Waals surface area contributed by atoms with Gasteiger partial charge in [-0.3, -0.25) is 0 Å². The Labute approximate surface area is 109 Å². The molecule has 2 aliphatic rings. The van der Waals surface area contributed by atoms with Gasteiger partial charge in [-0.05, 0) is 33.1 Å². The smallest absolute Gasteiger partial charge is 0.176 e. The molecule has 0 aromatic heterocycles. The monoisotopic (exact) mass is 290 g/mol. The summed E-state index contributed by atoms with van der Waals surface area (Å²) in [5, 5.41) is 0. The van der Waals surface area contributed by atoms with E-state index in [1.807, 2.05) is 13.8 Å². The summed E-state index contributed by atoms with van der Waals surface area (Å²) < 4.78 is 47.4. The van der Waals surface area contributed by atoms with E-state index < -0.39 is 24.4 Å². The van der Waals surface area contributed by atoms with Crippen LogP contribution in [0, 0.1) is 0 Å². The molecule has 6 heteroatoms. The second kappa shape index (κ2) is 3.93. The van der Waals surface area contributed by atoms with Crippen LogP contribution < -0.4 is 0 Å². The summed E-state index contributed by atoms with van der Waals surface area (Å²) >= 11 is 0. The Kier molecular flexibility index (Phi) is 3.02. The van der Waals surface area contributed by atoms with Crippen molar-refractivity contribution in [2.45, 2.75) is 37.9 Å². The fourth-order valence-corrected chi connectivity index (χ4v) is 7.86. The first-order valence-electron chi connectivity index (χ1n) is 5.92. The summed E-state index contributed by atoms with van der Waals surface area (Å²) in [7, 11) is -6.91. The lowest BCUT2D eigenvalue weighted by atomic mass is 9.84. The average Bonchev–Trinajstić information content (AvgIpc) is 2.28. The van der Waals surface area contributed by atoms with Crippen LogP contribution in [0.4, 0.5) is 0 Å². The maximum Gasteiger partial charge on any atom is 0.176 e. The van der Waals surface area contributed by atoms with Gasteiger partial charge in [0, 0.05) is 0 Å². The van der Waals surface area contributed by atoms with Crippen molar-refractivity contribution >= 4 is 19.7 Å². The fourth-order valence-electron chi connectivity index (χ4n) is 2.77. The second-order valence-electron chi connectivity index (χ2n) is 5.29. The Morgan fingerprint density at radius 3 is 2.22 bits per heavy atom. The Morgan fingerprint density at radius 1 is 1.06 bits per heavy atom. The van der Waals surface area contributed by atoms with Crippen LogP contribution in [0.3, 0.4) is 0 Å². The van der Waals surface area contributed by atoms with Gasteiger partial charge in [0.1, 0.15) is 4.75 Å². The highest BCUT2D eigenvalue weighted by atomic mass is 32.2. The number of hydrogen-bond donors (Lipinski definition) is 0. The Hall–Kier alpha value is -0.620. The molecule has 1 fully saturated rings. The van der Waals surface area contributed by atoms with Gasteiger partial charge in [-0.2, -0.15) is 0 Å². The molecular weight excluding hydrogens is 272 g/mol. The summed E-state index contributed by atoms with van der Waals surface area (Å²) in [5.41, 5.74) is 2.13. The lowest BCUT2D eigenvalue weighted by Crippen LogP contribution is -2.51. The molecule has 0 amide bonds. The summed E-state index contributed by atoms with van der Waals surface area (Å²) in [6, 6.07) is 0.